The van der Waals surface area contributed by atoms with Crippen LogP contribution >= 0.6 is 0 Å². The van der Waals surface area contributed by atoms with Gasteiger partial charge in [-0.1, -0.05) is 139 Å². The molecule has 0 bridgehead atoms. The lowest BCUT2D eigenvalue weighted by atomic mass is 9.85. The van der Waals surface area contributed by atoms with Gasteiger partial charge in [0.05, 0.1) is 5.69 Å². The highest BCUT2D eigenvalue weighted by atomic mass is 15.2. The topological polar surface area (TPSA) is 9.72 Å². The van der Waals surface area contributed by atoms with Crippen molar-refractivity contribution in [1.29, 1.82) is 0 Å². The van der Waals surface area contributed by atoms with Gasteiger partial charge in [-0.15, -0.1) is 0 Å². The lowest BCUT2D eigenvalue weighted by Gasteiger charge is -2.32. The summed E-state index contributed by atoms with van der Waals surface area (Å²) in [5.41, 5.74) is 14.0. The smallest absolute Gasteiger partial charge is 0.0619 e. The van der Waals surface area contributed by atoms with Crippen molar-refractivity contribution in [2.24, 2.45) is 0 Å². The Bertz CT molecular complexity index is 2840. The average molecular weight is 772 g/mol. The molecule has 0 saturated heterocycles. The highest BCUT2D eigenvalue weighted by molar-refractivity contribution is 6.21. The SMILES string of the molecule is CC1=CC=C(c2c3cc(N(c4ccccc4)c4ccccc4)ccc3c(N(c3ccccc3)c3ccccc3)c3cc(N(c4ccccc4)c4ccccc4)ccc23)CC1. The Labute approximate surface area is 353 Å². The minimum absolute atomic E-state index is 0.972. The summed E-state index contributed by atoms with van der Waals surface area (Å²) in [6, 6.07) is 78.7. The molecule has 0 spiro atoms. The molecule has 0 aromatic heterocycles. The third kappa shape index (κ3) is 7.01. The number of fused-ring (bicyclic) bond motifs is 2. The van der Waals surface area contributed by atoms with Crippen LogP contribution < -0.4 is 14.7 Å². The van der Waals surface area contributed by atoms with Crippen LogP contribution in [0.2, 0.25) is 0 Å². The maximum Gasteiger partial charge on any atom is 0.0619 e. The Hall–Kier alpha value is -7.62. The number of allylic oxidation sites excluding steroid dienone is 4. The van der Waals surface area contributed by atoms with E-state index in [2.05, 4.69) is 252 Å². The van der Waals surface area contributed by atoms with Crippen molar-refractivity contribution in [1.82, 2.24) is 0 Å². The van der Waals surface area contributed by atoms with Crippen molar-refractivity contribution in [3.8, 4) is 0 Å². The van der Waals surface area contributed by atoms with Crippen LogP contribution in [0.5, 0.6) is 0 Å². The fraction of sp³-hybridized carbons (Fsp3) is 0.0526. The zero-order valence-electron chi connectivity index (χ0n) is 33.7. The van der Waals surface area contributed by atoms with Crippen LogP contribution in [0.1, 0.15) is 25.3 Å². The summed E-state index contributed by atoms with van der Waals surface area (Å²) in [6.45, 7) is 2.24. The molecule has 3 heteroatoms. The summed E-state index contributed by atoms with van der Waals surface area (Å²) in [5, 5.41) is 4.81. The van der Waals surface area contributed by atoms with Gasteiger partial charge in [0.25, 0.3) is 0 Å². The first-order chi connectivity index (χ1) is 29.7. The monoisotopic (exact) mass is 771 g/mol. The van der Waals surface area contributed by atoms with Gasteiger partial charge in [-0.05, 0) is 139 Å². The van der Waals surface area contributed by atoms with Crippen LogP contribution in [0, 0.1) is 0 Å². The summed E-state index contributed by atoms with van der Waals surface area (Å²) in [4.78, 5) is 7.20. The van der Waals surface area contributed by atoms with Crippen molar-refractivity contribution < 1.29 is 0 Å². The van der Waals surface area contributed by atoms with Crippen LogP contribution in [0.4, 0.5) is 51.2 Å². The van der Waals surface area contributed by atoms with E-state index in [1.165, 1.54) is 38.3 Å². The standard InChI is InChI=1S/C57H45N3/c1-42-32-34-43(35-33-42)56-52-38-36-51(59(46-24-12-4-13-25-46)47-26-14-5-15-27-47)41-55(52)57(60(48-28-16-6-17-29-48)49-30-18-7-19-31-49)53-39-37-50(40-54(53)56)58(44-20-8-2-9-21-44)45-22-10-3-11-23-45/h2-32,34,36-41H,33,35H2,1H3. The second-order valence-corrected chi connectivity index (χ2v) is 15.4. The summed E-state index contributed by atoms with van der Waals surface area (Å²) >= 11 is 0. The Morgan fingerprint density at radius 2 is 0.667 bits per heavy atom. The first-order valence-electron chi connectivity index (χ1n) is 20.8. The van der Waals surface area contributed by atoms with E-state index in [0.717, 1.165) is 64.0 Å². The molecule has 0 amide bonds. The maximum absolute atomic E-state index is 2.46. The fourth-order valence-corrected chi connectivity index (χ4v) is 8.76. The number of benzene rings is 9. The predicted molar refractivity (Wildman–Crippen MR) is 256 cm³/mol. The molecule has 0 heterocycles. The Kier molecular flexibility index (Phi) is 9.99. The second kappa shape index (κ2) is 16.3. The van der Waals surface area contributed by atoms with Crippen LogP contribution in [0.3, 0.4) is 0 Å². The van der Waals surface area contributed by atoms with Crippen molar-refractivity contribution in [3.63, 3.8) is 0 Å². The number of hydrogen-bond acceptors (Lipinski definition) is 3. The zero-order chi connectivity index (χ0) is 40.3. The molecule has 0 radical (unpaired) electrons. The van der Waals surface area contributed by atoms with Gasteiger partial charge in [-0.3, -0.25) is 0 Å². The van der Waals surface area contributed by atoms with Crippen LogP contribution in [0.15, 0.2) is 236 Å². The molecular weight excluding hydrogens is 727 g/mol. The zero-order valence-corrected chi connectivity index (χ0v) is 33.7. The number of hydrogen-bond donors (Lipinski definition) is 0. The molecule has 9 aromatic rings. The highest BCUT2D eigenvalue weighted by Gasteiger charge is 2.26. The normalized spacial score (nSPS) is 12.5. The van der Waals surface area contributed by atoms with Crippen molar-refractivity contribution in [2.45, 2.75) is 19.8 Å². The van der Waals surface area contributed by atoms with Gasteiger partial charge in [0.15, 0.2) is 0 Å². The Morgan fingerprint density at radius 1 is 0.300 bits per heavy atom. The van der Waals surface area contributed by atoms with E-state index in [1.54, 1.807) is 0 Å². The quantitative estimate of drug-likeness (QED) is 0.128. The van der Waals surface area contributed by atoms with E-state index in [1.807, 2.05) is 0 Å². The Balaban J connectivity index is 1.34. The third-order valence-corrected chi connectivity index (χ3v) is 11.6. The van der Waals surface area contributed by atoms with E-state index in [0.29, 0.717) is 0 Å². The second-order valence-electron chi connectivity index (χ2n) is 15.4. The largest absolute Gasteiger partial charge is 0.310 e. The molecule has 3 nitrogen and oxygen atoms in total. The van der Waals surface area contributed by atoms with Crippen LogP contribution in [-0.4, -0.2) is 0 Å². The minimum atomic E-state index is 0.972. The first kappa shape index (κ1) is 36.7. The van der Waals surface area contributed by atoms with E-state index in [9.17, 15) is 0 Å². The first-order valence-corrected chi connectivity index (χ1v) is 20.8. The molecule has 1 aliphatic rings. The molecule has 0 unspecified atom stereocenters. The van der Waals surface area contributed by atoms with Gasteiger partial charge in [-0.2, -0.15) is 0 Å². The molecule has 60 heavy (non-hydrogen) atoms. The number of anilines is 9. The van der Waals surface area contributed by atoms with Crippen LogP contribution in [0.25, 0.3) is 27.1 Å². The number of nitrogens with zero attached hydrogens (tertiary/aromatic N) is 3. The maximum atomic E-state index is 2.46. The predicted octanol–water partition coefficient (Wildman–Crippen LogP) is 16.5. The van der Waals surface area contributed by atoms with Gasteiger partial charge < -0.3 is 14.7 Å². The lowest BCUT2D eigenvalue weighted by molar-refractivity contribution is 0.979. The van der Waals surface area contributed by atoms with Crippen LogP contribution in [-0.2, 0) is 0 Å². The molecule has 10 rings (SSSR count). The molecule has 0 saturated carbocycles. The van der Waals surface area contributed by atoms with Crippen molar-refractivity contribution >= 4 is 78.3 Å². The van der Waals surface area contributed by atoms with Crippen molar-refractivity contribution in [3.05, 3.63) is 242 Å². The minimum Gasteiger partial charge on any atom is -0.310 e. The highest BCUT2D eigenvalue weighted by Crippen LogP contribution is 2.51. The van der Waals surface area contributed by atoms with Gasteiger partial charge in [0.1, 0.15) is 0 Å². The molecule has 0 fully saturated rings. The van der Waals surface area contributed by atoms with Gasteiger partial charge >= 0.3 is 0 Å². The third-order valence-electron chi connectivity index (χ3n) is 11.6. The van der Waals surface area contributed by atoms with Gasteiger partial charge in [0, 0.05) is 56.3 Å². The lowest BCUT2D eigenvalue weighted by Crippen LogP contribution is -2.13. The molecule has 0 aliphatic heterocycles. The Morgan fingerprint density at radius 3 is 1.05 bits per heavy atom. The van der Waals surface area contributed by atoms with E-state index in [4.69, 9.17) is 0 Å². The summed E-state index contributed by atoms with van der Waals surface area (Å²) in [7, 11) is 0. The van der Waals surface area contributed by atoms with E-state index >= 15 is 0 Å². The average Bonchev–Trinajstić information content (AvgIpc) is 3.32. The molecule has 288 valence electrons. The molecular formula is C57H45N3. The number of rotatable bonds is 10. The molecule has 1 aliphatic carbocycles. The summed E-state index contributed by atoms with van der Waals surface area (Å²) in [5.74, 6) is 0. The molecule has 0 N–H and O–H groups in total. The van der Waals surface area contributed by atoms with Gasteiger partial charge in [0.2, 0.25) is 0 Å². The molecule has 0 atom stereocenters. The summed E-state index contributed by atoms with van der Waals surface area (Å²) in [6.07, 6.45) is 6.69. The summed E-state index contributed by atoms with van der Waals surface area (Å²) < 4.78 is 0. The van der Waals surface area contributed by atoms with Gasteiger partial charge in [-0.25, -0.2) is 0 Å². The van der Waals surface area contributed by atoms with E-state index < -0.39 is 0 Å². The fourth-order valence-electron chi connectivity index (χ4n) is 8.76. The molecule has 9 aromatic carbocycles. The van der Waals surface area contributed by atoms with Crippen molar-refractivity contribution in [2.75, 3.05) is 14.7 Å². The van der Waals surface area contributed by atoms with E-state index in [-0.39, 0.29) is 0 Å². The number of para-hydroxylation sites is 6.